The number of rotatable bonds is 4. The van der Waals surface area contributed by atoms with Crippen LogP contribution < -0.4 is 5.32 Å². The molecule has 1 aromatic heterocycles. The molecule has 1 N–H and O–H groups in total. The third kappa shape index (κ3) is 3.87. The van der Waals surface area contributed by atoms with Crippen LogP contribution in [0.1, 0.15) is 16.7 Å². The number of thiophene rings is 1. The summed E-state index contributed by atoms with van der Waals surface area (Å²) in [6.07, 6.45) is -0.568. The lowest BCUT2D eigenvalue weighted by molar-refractivity contribution is 0.155. The van der Waals surface area contributed by atoms with E-state index in [1.807, 2.05) is 67.6 Å². The quantitative estimate of drug-likeness (QED) is 0.692. The molecule has 0 aliphatic carbocycles. The number of nitrogens with one attached hydrogen (secondary N) is 1. The summed E-state index contributed by atoms with van der Waals surface area (Å²) >= 11 is 1.38. The average molecular weight is 348 g/mol. The highest BCUT2D eigenvalue weighted by molar-refractivity contribution is 7.20. The van der Waals surface area contributed by atoms with Crippen LogP contribution in [-0.2, 0) is 11.3 Å². The van der Waals surface area contributed by atoms with Gasteiger partial charge in [-0.05, 0) is 23.6 Å². The molecule has 0 saturated carbocycles. The smallest absolute Gasteiger partial charge is 0.412 e. The summed E-state index contributed by atoms with van der Waals surface area (Å²) in [5.41, 5.74) is 3.26. The molecule has 1 amide bonds. The summed E-state index contributed by atoms with van der Waals surface area (Å²) in [7, 11) is 0. The zero-order chi connectivity index (χ0) is 17.6. The van der Waals surface area contributed by atoms with Gasteiger partial charge in [0.25, 0.3) is 0 Å². The van der Waals surface area contributed by atoms with Crippen molar-refractivity contribution >= 4 is 22.4 Å². The minimum atomic E-state index is -0.568. The van der Waals surface area contributed by atoms with E-state index < -0.39 is 6.09 Å². The highest BCUT2D eigenvalue weighted by Crippen LogP contribution is 2.39. The molecule has 0 bridgehead atoms. The second-order valence-corrected chi connectivity index (χ2v) is 6.45. The summed E-state index contributed by atoms with van der Waals surface area (Å²) in [4.78, 5) is 13.0. The van der Waals surface area contributed by atoms with Gasteiger partial charge >= 0.3 is 6.09 Å². The molecule has 3 rings (SSSR count). The standard InChI is InChI=1S/C20H16N2O2S/c1-14-17(12-21)19(25-18(14)16-10-6-3-7-11-16)22-20(23)24-13-15-8-4-2-5-9-15/h2-11H,13H2,1H3,(H,22,23). The van der Waals surface area contributed by atoms with E-state index in [1.54, 1.807) is 0 Å². The number of hydrogen-bond acceptors (Lipinski definition) is 4. The number of ether oxygens (including phenoxy) is 1. The lowest BCUT2D eigenvalue weighted by Crippen LogP contribution is -2.13. The van der Waals surface area contributed by atoms with Crippen molar-refractivity contribution in [1.29, 1.82) is 5.26 Å². The van der Waals surface area contributed by atoms with E-state index >= 15 is 0 Å². The largest absolute Gasteiger partial charge is 0.444 e. The molecule has 0 radical (unpaired) electrons. The topological polar surface area (TPSA) is 62.1 Å². The number of carbonyl (C=O) groups is 1. The Bertz CT molecular complexity index is 912. The van der Waals surface area contributed by atoms with Crippen LogP contribution in [0.15, 0.2) is 60.7 Å². The first-order valence-corrected chi connectivity index (χ1v) is 8.57. The number of nitriles is 1. The lowest BCUT2D eigenvalue weighted by atomic mass is 10.1. The van der Waals surface area contributed by atoms with Crippen LogP contribution in [0.4, 0.5) is 9.80 Å². The number of hydrogen-bond donors (Lipinski definition) is 1. The summed E-state index contributed by atoms with van der Waals surface area (Å²) in [6, 6.07) is 21.4. The van der Waals surface area contributed by atoms with Crippen LogP contribution >= 0.6 is 11.3 Å². The maximum atomic E-state index is 12.1. The Balaban J connectivity index is 1.76. The van der Waals surface area contributed by atoms with Crippen molar-refractivity contribution in [2.75, 3.05) is 5.32 Å². The molecule has 2 aromatic carbocycles. The fourth-order valence-electron chi connectivity index (χ4n) is 2.45. The van der Waals surface area contributed by atoms with Crippen LogP contribution in [-0.4, -0.2) is 6.09 Å². The van der Waals surface area contributed by atoms with Crippen LogP contribution in [0.3, 0.4) is 0 Å². The fraction of sp³-hybridized carbons (Fsp3) is 0.100. The van der Waals surface area contributed by atoms with Crippen molar-refractivity contribution in [1.82, 2.24) is 0 Å². The zero-order valence-electron chi connectivity index (χ0n) is 13.7. The molecule has 0 aliphatic rings. The molecule has 124 valence electrons. The summed E-state index contributed by atoms with van der Waals surface area (Å²) < 4.78 is 5.23. The Morgan fingerprint density at radius 3 is 2.40 bits per heavy atom. The molecular weight excluding hydrogens is 332 g/mol. The van der Waals surface area contributed by atoms with E-state index in [0.717, 1.165) is 21.6 Å². The second-order valence-electron chi connectivity index (χ2n) is 5.42. The first-order valence-electron chi connectivity index (χ1n) is 7.75. The van der Waals surface area contributed by atoms with Crippen LogP contribution in [0, 0.1) is 18.3 Å². The van der Waals surface area contributed by atoms with E-state index in [2.05, 4.69) is 11.4 Å². The molecule has 0 unspecified atom stereocenters. The Morgan fingerprint density at radius 2 is 1.76 bits per heavy atom. The summed E-state index contributed by atoms with van der Waals surface area (Å²) in [5.74, 6) is 0. The Labute approximate surface area is 150 Å². The van der Waals surface area contributed by atoms with Crippen molar-refractivity contribution in [2.45, 2.75) is 13.5 Å². The molecule has 0 aliphatic heterocycles. The van der Waals surface area contributed by atoms with E-state index in [4.69, 9.17) is 4.74 Å². The molecule has 0 spiro atoms. The normalized spacial score (nSPS) is 10.1. The highest BCUT2D eigenvalue weighted by Gasteiger charge is 2.18. The zero-order valence-corrected chi connectivity index (χ0v) is 14.5. The SMILES string of the molecule is Cc1c(-c2ccccc2)sc(NC(=O)OCc2ccccc2)c1C#N. The van der Waals surface area contributed by atoms with Crippen molar-refractivity contribution in [3.8, 4) is 16.5 Å². The van der Waals surface area contributed by atoms with Crippen molar-refractivity contribution in [3.63, 3.8) is 0 Å². The maximum Gasteiger partial charge on any atom is 0.412 e. The molecular formula is C20H16N2O2S. The molecule has 0 saturated heterocycles. The number of anilines is 1. The van der Waals surface area contributed by atoms with Gasteiger partial charge in [-0.3, -0.25) is 5.32 Å². The fourth-order valence-corrected chi connectivity index (χ4v) is 3.60. The van der Waals surface area contributed by atoms with Gasteiger partial charge in [0.2, 0.25) is 0 Å². The van der Waals surface area contributed by atoms with Crippen LogP contribution in [0.25, 0.3) is 10.4 Å². The Kier molecular flexibility index (Phi) is 5.12. The maximum absolute atomic E-state index is 12.1. The van der Waals surface area contributed by atoms with Gasteiger partial charge in [-0.15, -0.1) is 11.3 Å². The monoisotopic (exact) mass is 348 g/mol. The van der Waals surface area contributed by atoms with E-state index in [9.17, 15) is 10.1 Å². The number of nitrogens with zero attached hydrogens (tertiary/aromatic N) is 1. The summed E-state index contributed by atoms with van der Waals surface area (Å²) in [5, 5.41) is 12.7. The molecule has 3 aromatic rings. The van der Waals surface area contributed by atoms with Crippen molar-refractivity contribution in [2.24, 2.45) is 0 Å². The number of amides is 1. The molecule has 5 heteroatoms. The lowest BCUT2D eigenvalue weighted by Gasteiger charge is -2.05. The third-order valence-corrected chi connectivity index (χ3v) is 4.98. The molecule has 0 atom stereocenters. The second kappa shape index (κ2) is 7.65. The van der Waals surface area contributed by atoms with Gasteiger partial charge in [0.1, 0.15) is 17.7 Å². The van der Waals surface area contributed by atoms with Gasteiger partial charge < -0.3 is 4.74 Å². The predicted molar refractivity (Wildman–Crippen MR) is 99.5 cm³/mol. The van der Waals surface area contributed by atoms with E-state index in [0.29, 0.717) is 10.6 Å². The van der Waals surface area contributed by atoms with E-state index in [-0.39, 0.29) is 6.61 Å². The first-order chi connectivity index (χ1) is 12.2. The molecule has 4 nitrogen and oxygen atoms in total. The minimum Gasteiger partial charge on any atom is -0.444 e. The van der Waals surface area contributed by atoms with Crippen LogP contribution in [0.5, 0.6) is 0 Å². The summed E-state index contributed by atoms with van der Waals surface area (Å²) in [6.45, 7) is 2.07. The highest BCUT2D eigenvalue weighted by atomic mass is 32.1. The van der Waals surface area contributed by atoms with Gasteiger partial charge in [0.05, 0.1) is 5.56 Å². The minimum absolute atomic E-state index is 0.185. The number of carbonyl (C=O) groups excluding carboxylic acids is 1. The Morgan fingerprint density at radius 1 is 1.12 bits per heavy atom. The van der Waals surface area contributed by atoms with Gasteiger partial charge in [0, 0.05) is 4.88 Å². The Hall–Kier alpha value is -3.10. The molecule has 0 fully saturated rings. The van der Waals surface area contributed by atoms with Crippen molar-refractivity contribution in [3.05, 3.63) is 77.4 Å². The van der Waals surface area contributed by atoms with Gasteiger partial charge in [-0.1, -0.05) is 60.7 Å². The average Bonchev–Trinajstić information content (AvgIpc) is 2.97. The van der Waals surface area contributed by atoms with Crippen molar-refractivity contribution < 1.29 is 9.53 Å². The molecule has 25 heavy (non-hydrogen) atoms. The predicted octanol–water partition coefficient (Wildman–Crippen LogP) is 5.34. The van der Waals surface area contributed by atoms with Gasteiger partial charge in [-0.2, -0.15) is 5.26 Å². The molecule has 1 heterocycles. The van der Waals surface area contributed by atoms with E-state index in [1.165, 1.54) is 11.3 Å². The van der Waals surface area contributed by atoms with Gasteiger partial charge in [0.15, 0.2) is 0 Å². The van der Waals surface area contributed by atoms with Crippen LogP contribution in [0.2, 0.25) is 0 Å². The first kappa shape index (κ1) is 16.7. The third-order valence-electron chi connectivity index (χ3n) is 3.72. The number of benzene rings is 2. The van der Waals surface area contributed by atoms with Gasteiger partial charge in [-0.25, -0.2) is 4.79 Å².